The first-order valence-electron chi connectivity index (χ1n) is 7.04. The van der Waals surface area contributed by atoms with Crippen LogP contribution in [0, 0.1) is 6.92 Å². The molecule has 3 heteroatoms. The van der Waals surface area contributed by atoms with Gasteiger partial charge in [0.05, 0.1) is 0 Å². The van der Waals surface area contributed by atoms with Gasteiger partial charge in [-0.15, -0.1) is 0 Å². The topological polar surface area (TPSA) is 29.5 Å². The van der Waals surface area contributed by atoms with E-state index in [9.17, 15) is 4.79 Å². The van der Waals surface area contributed by atoms with Crippen molar-refractivity contribution in [3.63, 3.8) is 0 Å². The molecule has 1 fully saturated rings. The van der Waals surface area contributed by atoms with E-state index in [-0.39, 0.29) is 11.9 Å². The maximum atomic E-state index is 12.5. The van der Waals surface area contributed by atoms with Crippen molar-refractivity contribution >= 4 is 5.91 Å². The third-order valence-electron chi connectivity index (χ3n) is 3.40. The second kappa shape index (κ2) is 5.64. The maximum absolute atomic E-state index is 12.5. The van der Waals surface area contributed by atoms with Gasteiger partial charge in [0.15, 0.2) is 6.10 Å². The number of hydrogen-bond donors (Lipinski definition) is 0. The zero-order valence-electron chi connectivity index (χ0n) is 12.2. The summed E-state index contributed by atoms with van der Waals surface area (Å²) in [6.45, 7) is 7.98. The molecule has 0 aromatic heterocycles. The molecular weight excluding hydrogens is 238 g/mol. The molecule has 0 bridgehead atoms. The summed E-state index contributed by atoms with van der Waals surface area (Å²) in [5, 5.41) is 0. The highest BCUT2D eigenvalue weighted by molar-refractivity contribution is 5.81. The van der Waals surface area contributed by atoms with Crippen LogP contribution in [0.5, 0.6) is 5.75 Å². The van der Waals surface area contributed by atoms with Gasteiger partial charge in [-0.3, -0.25) is 4.79 Å². The van der Waals surface area contributed by atoms with Crippen molar-refractivity contribution < 1.29 is 9.53 Å². The predicted octanol–water partition coefficient (Wildman–Crippen LogP) is 3.16. The molecule has 1 aliphatic rings. The lowest BCUT2D eigenvalue weighted by molar-refractivity contribution is -0.140. The number of rotatable bonds is 5. The third-order valence-corrected chi connectivity index (χ3v) is 3.40. The average molecular weight is 261 g/mol. The third kappa shape index (κ3) is 3.49. The molecule has 0 aliphatic heterocycles. The number of nitrogens with zero attached hydrogens (tertiary/aromatic N) is 1. The fourth-order valence-electron chi connectivity index (χ4n) is 2.36. The van der Waals surface area contributed by atoms with Crippen LogP contribution in [-0.4, -0.2) is 29.0 Å². The van der Waals surface area contributed by atoms with Gasteiger partial charge in [-0.2, -0.15) is 0 Å². The lowest BCUT2D eigenvalue weighted by Gasteiger charge is -2.29. The Morgan fingerprint density at radius 3 is 2.53 bits per heavy atom. The van der Waals surface area contributed by atoms with Crippen LogP contribution < -0.4 is 4.74 Å². The van der Waals surface area contributed by atoms with E-state index in [1.807, 2.05) is 43.0 Å². The highest BCUT2D eigenvalue weighted by atomic mass is 16.5. The molecule has 1 atom stereocenters. The summed E-state index contributed by atoms with van der Waals surface area (Å²) < 4.78 is 5.77. The van der Waals surface area contributed by atoms with E-state index in [1.165, 1.54) is 0 Å². The Balaban J connectivity index is 2.02. The number of amides is 1. The van der Waals surface area contributed by atoms with Crippen LogP contribution in [0.2, 0.25) is 0 Å². The van der Waals surface area contributed by atoms with E-state index in [4.69, 9.17) is 4.74 Å². The zero-order valence-corrected chi connectivity index (χ0v) is 12.2. The van der Waals surface area contributed by atoms with Crippen LogP contribution in [-0.2, 0) is 4.79 Å². The molecule has 1 aromatic rings. The minimum Gasteiger partial charge on any atom is -0.481 e. The largest absolute Gasteiger partial charge is 0.481 e. The SMILES string of the molecule is Cc1cccc(OC(C)C(=O)N(C(C)C)C2CC2)c1. The van der Waals surface area contributed by atoms with Crippen molar-refractivity contribution in [1.29, 1.82) is 0 Å². The minimum absolute atomic E-state index is 0.0963. The lowest BCUT2D eigenvalue weighted by Crippen LogP contribution is -2.45. The van der Waals surface area contributed by atoms with E-state index in [0.717, 1.165) is 24.2 Å². The molecule has 3 nitrogen and oxygen atoms in total. The van der Waals surface area contributed by atoms with Crippen molar-refractivity contribution in [2.45, 2.75) is 58.7 Å². The molecule has 104 valence electrons. The molecule has 1 unspecified atom stereocenters. The van der Waals surface area contributed by atoms with E-state index in [2.05, 4.69) is 13.8 Å². The second-order valence-electron chi connectivity index (χ2n) is 5.65. The first kappa shape index (κ1) is 13.9. The van der Waals surface area contributed by atoms with Gasteiger partial charge in [-0.05, 0) is 58.2 Å². The van der Waals surface area contributed by atoms with Crippen molar-refractivity contribution in [2.75, 3.05) is 0 Å². The quantitative estimate of drug-likeness (QED) is 0.815. The summed E-state index contributed by atoms with van der Waals surface area (Å²) in [5.41, 5.74) is 1.14. The smallest absolute Gasteiger partial charge is 0.263 e. The lowest BCUT2D eigenvalue weighted by atomic mass is 10.2. The molecule has 0 radical (unpaired) electrons. The molecule has 0 saturated heterocycles. The maximum Gasteiger partial charge on any atom is 0.263 e. The van der Waals surface area contributed by atoms with Crippen molar-refractivity contribution in [2.24, 2.45) is 0 Å². The number of hydrogen-bond acceptors (Lipinski definition) is 2. The summed E-state index contributed by atoms with van der Waals surface area (Å²) in [5.74, 6) is 0.861. The van der Waals surface area contributed by atoms with E-state index in [0.29, 0.717) is 6.04 Å². The Labute approximate surface area is 115 Å². The van der Waals surface area contributed by atoms with Crippen LogP contribution >= 0.6 is 0 Å². The Bertz CT molecular complexity index is 450. The first-order chi connectivity index (χ1) is 8.99. The molecule has 1 amide bonds. The van der Waals surface area contributed by atoms with Crippen molar-refractivity contribution in [3.05, 3.63) is 29.8 Å². The molecule has 2 rings (SSSR count). The van der Waals surface area contributed by atoms with Gasteiger partial charge in [0.1, 0.15) is 5.75 Å². The Kier molecular flexibility index (Phi) is 4.13. The van der Waals surface area contributed by atoms with Gasteiger partial charge < -0.3 is 9.64 Å². The normalized spacial score (nSPS) is 16.3. The molecule has 1 aromatic carbocycles. The number of benzene rings is 1. The van der Waals surface area contributed by atoms with Gasteiger partial charge in [-0.25, -0.2) is 0 Å². The van der Waals surface area contributed by atoms with Crippen LogP contribution in [0.4, 0.5) is 0 Å². The molecule has 0 N–H and O–H groups in total. The molecule has 1 saturated carbocycles. The molecule has 1 aliphatic carbocycles. The van der Waals surface area contributed by atoms with Crippen molar-refractivity contribution in [3.8, 4) is 5.75 Å². The Morgan fingerprint density at radius 1 is 1.32 bits per heavy atom. The highest BCUT2D eigenvalue weighted by Gasteiger charge is 2.36. The second-order valence-corrected chi connectivity index (χ2v) is 5.65. The molecule has 0 spiro atoms. The fourth-order valence-corrected chi connectivity index (χ4v) is 2.36. The number of aryl methyl sites for hydroxylation is 1. The standard InChI is InChI=1S/C16H23NO2/c1-11(2)17(14-8-9-14)16(18)13(4)19-15-7-5-6-12(3)10-15/h5-7,10-11,13-14H,8-9H2,1-4H3. The van der Waals surface area contributed by atoms with Gasteiger partial charge in [0.25, 0.3) is 5.91 Å². The van der Waals surface area contributed by atoms with Gasteiger partial charge in [0.2, 0.25) is 0 Å². The van der Waals surface area contributed by atoms with Crippen LogP contribution in [0.3, 0.4) is 0 Å². The Hall–Kier alpha value is -1.51. The van der Waals surface area contributed by atoms with Crippen LogP contribution in [0.1, 0.15) is 39.2 Å². The predicted molar refractivity (Wildman–Crippen MR) is 76.3 cm³/mol. The molecule has 19 heavy (non-hydrogen) atoms. The fraction of sp³-hybridized carbons (Fsp3) is 0.562. The molecule has 0 heterocycles. The number of carbonyl (C=O) groups excluding carboxylic acids is 1. The van der Waals surface area contributed by atoms with Gasteiger partial charge in [-0.1, -0.05) is 12.1 Å². The first-order valence-corrected chi connectivity index (χ1v) is 7.04. The number of ether oxygens (including phenoxy) is 1. The summed E-state index contributed by atoms with van der Waals surface area (Å²) in [4.78, 5) is 14.4. The summed E-state index contributed by atoms with van der Waals surface area (Å²) in [7, 11) is 0. The average Bonchev–Trinajstić information content (AvgIpc) is 3.13. The Morgan fingerprint density at radius 2 is 2.00 bits per heavy atom. The van der Waals surface area contributed by atoms with E-state index >= 15 is 0 Å². The monoisotopic (exact) mass is 261 g/mol. The van der Waals surface area contributed by atoms with Crippen LogP contribution in [0.25, 0.3) is 0 Å². The van der Waals surface area contributed by atoms with E-state index in [1.54, 1.807) is 0 Å². The van der Waals surface area contributed by atoms with Crippen molar-refractivity contribution in [1.82, 2.24) is 4.90 Å². The van der Waals surface area contributed by atoms with Gasteiger partial charge in [0, 0.05) is 12.1 Å². The summed E-state index contributed by atoms with van der Waals surface area (Å²) >= 11 is 0. The summed E-state index contributed by atoms with van der Waals surface area (Å²) in [6.07, 6.45) is 1.83. The number of carbonyl (C=O) groups is 1. The molecular formula is C16H23NO2. The van der Waals surface area contributed by atoms with E-state index < -0.39 is 6.10 Å². The zero-order chi connectivity index (χ0) is 14.0. The van der Waals surface area contributed by atoms with Gasteiger partial charge >= 0.3 is 0 Å². The minimum atomic E-state index is -0.426. The van der Waals surface area contributed by atoms with Crippen LogP contribution in [0.15, 0.2) is 24.3 Å². The highest BCUT2D eigenvalue weighted by Crippen LogP contribution is 2.29. The summed E-state index contributed by atoms with van der Waals surface area (Å²) in [6, 6.07) is 8.49.